The second kappa shape index (κ2) is 5.49. The predicted molar refractivity (Wildman–Crippen MR) is 64.4 cm³/mol. The highest BCUT2D eigenvalue weighted by atomic mass is 16.5. The van der Waals surface area contributed by atoms with E-state index in [2.05, 4.69) is 22.9 Å². The summed E-state index contributed by atoms with van der Waals surface area (Å²) in [7, 11) is 0. The molecular formula is C14H15NO2. The van der Waals surface area contributed by atoms with E-state index in [4.69, 9.17) is 4.74 Å². The second-order valence-corrected chi connectivity index (χ2v) is 3.98. The van der Waals surface area contributed by atoms with Crippen LogP contribution in [0.25, 0.3) is 0 Å². The predicted octanol–water partition coefficient (Wildman–Crippen LogP) is 1.88. The van der Waals surface area contributed by atoms with Gasteiger partial charge in [0.25, 0.3) is 0 Å². The van der Waals surface area contributed by atoms with Crippen LogP contribution in [-0.4, -0.2) is 17.6 Å². The fourth-order valence-corrected chi connectivity index (χ4v) is 1.93. The fraction of sp³-hybridized carbons (Fsp3) is 0.429. The number of rotatable bonds is 1. The lowest BCUT2D eigenvalue weighted by Crippen LogP contribution is -2.06. The van der Waals surface area contributed by atoms with Crippen LogP contribution in [0.5, 0.6) is 0 Å². The molecule has 1 heterocycles. The number of fused-ring (bicyclic) bond motifs is 1. The molecule has 0 bridgehead atoms. The first-order valence-electron chi connectivity index (χ1n) is 5.97. The second-order valence-electron chi connectivity index (χ2n) is 3.98. The van der Waals surface area contributed by atoms with Crippen LogP contribution >= 0.6 is 0 Å². The van der Waals surface area contributed by atoms with Crippen LogP contribution in [0.2, 0.25) is 0 Å². The van der Waals surface area contributed by atoms with Gasteiger partial charge in [-0.1, -0.05) is 6.07 Å². The van der Waals surface area contributed by atoms with Gasteiger partial charge in [0, 0.05) is 11.6 Å². The maximum absolute atomic E-state index is 11.1. The zero-order chi connectivity index (χ0) is 12.1. The zero-order valence-electron chi connectivity index (χ0n) is 9.95. The summed E-state index contributed by atoms with van der Waals surface area (Å²) in [5.41, 5.74) is 3.10. The Hall–Kier alpha value is -1.82. The van der Waals surface area contributed by atoms with Gasteiger partial charge in [-0.2, -0.15) is 0 Å². The van der Waals surface area contributed by atoms with Crippen molar-refractivity contribution in [2.75, 3.05) is 6.61 Å². The zero-order valence-corrected chi connectivity index (χ0v) is 9.95. The lowest BCUT2D eigenvalue weighted by Gasteiger charge is -2.13. The Kier molecular flexibility index (Phi) is 3.77. The van der Waals surface area contributed by atoms with Gasteiger partial charge in [-0.3, -0.25) is 0 Å². The number of carbonyl (C=O) groups excluding carboxylic acids is 1. The molecule has 3 nitrogen and oxygen atoms in total. The molecule has 0 saturated heterocycles. The average molecular weight is 229 g/mol. The number of hydrogen-bond acceptors (Lipinski definition) is 3. The van der Waals surface area contributed by atoms with Gasteiger partial charge in [-0.05, 0) is 50.2 Å². The van der Waals surface area contributed by atoms with Gasteiger partial charge in [0.15, 0.2) is 0 Å². The van der Waals surface area contributed by atoms with Crippen LogP contribution < -0.4 is 0 Å². The summed E-state index contributed by atoms with van der Waals surface area (Å²) in [4.78, 5) is 15.5. The molecule has 1 aromatic rings. The Morgan fingerprint density at radius 3 is 3.06 bits per heavy atom. The molecule has 0 spiro atoms. The van der Waals surface area contributed by atoms with Crippen LogP contribution in [-0.2, 0) is 22.4 Å². The van der Waals surface area contributed by atoms with E-state index in [0.717, 1.165) is 18.5 Å². The third-order valence-corrected chi connectivity index (χ3v) is 2.75. The summed E-state index contributed by atoms with van der Waals surface area (Å²) in [6.45, 7) is 2.11. The molecule has 0 fully saturated rings. The minimum atomic E-state index is -0.493. The molecule has 0 unspecified atom stereocenters. The van der Waals surface area contributed by atoms with Crippen molar-refractivity contribution < 1.29 is 9.53 Å². The summed E-state index contributed by atoms with van der Waals surface area (Å²) in [6, 6.07) is 3.94. The molecule has 3 heteroatoms. The van der Waals surface area contributed by atoms with Gasteiger partial charge in [0.1, 0.15) is 5.69 Å². The van der Waals surface area contributed by atoms with Crippen molar-refractivity contribution in [3.63, 3.8) is 0 Å². The molecule has 0 aliphatic heterocycles. The smallest absolute Gasteiger partial charge is 0.384 e. The molecule has 0 radical (unpaired) electrons. The molecule has 0 saturated carbocycles. The highest BCUT2D eigenvalue weighted by Crippen LogP contribution is 2.19. The molecule has 0 amide bonds. The first-order chi connectivity index (χ1) is 8.29. The Bertz CT molecular complexity index is 483. The summed E-state index contributed by atoms with van der Waals surface area (Å²) in [5.74, 6) is 4.68. The van der Waals surface area contributed by atoms with Gasteiger partial charge in [-0.25, -0.2) is 9.78 Å². The first kappa shape index (κ1) is 11.7. The minimum absolute atomic E-state index is 0.352. The third kappa shape index (κ3) is 3.07. The van der Waals surface area contributed by atoms with Crippen molar-refractivity contribution in [3.05, 3.63) is 29.1 Å². The molecule has 0 aromatic carbocycles. The van der Waals surface area contributed by atoms with Gasteiger partial charge in [0.2, 0.25) is 0 Å². The third-order valence-electron chi connectivity index (χ3n) is 2.75. The van der Waals surface area contributed by atoms with Crippen LogP contribution in [0.4, 0.5) is 0 Å². The summed E-state index contributed by atoms with van der Waals surface area (Å²) in [5, 5.41) is 0. The van der Waals surface area contributed by atoms with E-state index in [0.29, 0.717) is 12.3 Å². The molecule has 17 heavy (non-hydrogen) atoms. The Morgan fingerprint density at radius 1 is 1.41 bits per heavy atom. The monoisotopic (exact) mass is 229 g/mol. The Balaban J connectivity index is 2.14. The molecule has 0 N–H and O–H groups in total. The van der Waals surface area contributed by atoms with Gasteiger partial charge in [0.05, 0.1) is 6.61 Å². The van der Waals surface area contributed by atoms with Crippen molar-refractivity contribution in [3.8, 4) is 11.8 Å². The van der Waals surface area contributed by atoms with Crippen LogP contribution in [0.3, 0.4) is 0 Å². The van der Waals surface area contributed by atoms with E-state index in [-0.39, 0.29) is 0 Å². The highest BCUT2D eigenvalue weighted by Gasteiger charge is 2.10. The van der Waals surface area contributed by atoms with E-state index in [1.807, 2.05) is 6.07 Å². The SMILES string of the molecule is CCOC(=O)C#Cc1ccc2c(n1)CCCC2. The van der Waals surface area contributed by atoms with E-state index in [9.17, 15) is 4.79 Å². The van der Waals surface area contributed by atoms with Crippen molar-refractivity contribution in [1.29, 1.82) is 0 Å². The number of aromatic nitrogens is 1. The lowest BCUT2D eigenvalue weighted by molar-refractivity contribution is -0.136. The largest absolute Gasteiger partial charge is 0.456 e. The first-order valence-corrected chi connectivity index (χ1v) is 5.97. The van der Waals surface area contributed by atoms with Gasteiger partial charge in [-0.15, -0.1) is 0 Å². The highest BCUT2D eigenvalue weighted by molar-refractivity contribution is 5.88. The molecule has 1 aliphatic rings. The van der Waals surface area contributed by atoms with Crippen molar-refractivity contribution in [1.82, 2.24) is 4.98 Å². The van der Waals surface area contributed by atoms with Crippen molar-refractivity contribution in [2.45, 2.75) is 32.6 Å². The van der Waals surface area contributed by atoms with E-state index in [1.165, 1.54) is 18.4 Å². The molecular weight excluding hydrogens is 214 g/mol. The average Bonchev–Trinajstić information content (AvgIpc) is 2.36. The lowest BCUT2D eigenvalue weighted by atomic mass is 9.96. The summed E-state index contributed by atoms with van der Waals surface area (Å²) in [6.07, 6.45) is 4.55. The molecule has 1 aliphatic carbocycles. The normalized spacial score (nSPS) is 13.2. The molecule has 0 atom stereocenters. The number of esters is 1. The number of hydrogen-bond donors (Lipinski definition) is 0. The molecule has 1 aromatic heterocycles. The number of carbonyl (C=O) groups is 1. The number of aryl methyl sites for hydroxylation is 2. The van der Waals surface area contributed by atoms with E-state index >= 15 is 0 Å². The van der Waals surface area contributed by atoms with Crippen molar-refractivity contribution in [2.24, 2.45) is 0 Å². The Morgan fingerprint density at radius 2 is 2.24 bits per heavy atom. The molecule has 88 valence electrons. The van der Waals surface area contributed by atoms with E-state index in [1.54, 1.807) is 6.92 Å². The van der Waals surface area contributed by atoms with E-state index < -0.39 is 5.97 Å². The molecule has 2 rings (SSSR count). The van der Waals surface area contributed by atoms with Crippen LogP contribution in [0.1, 0.15) is 36.7 Å². The maximum atomic E-state index is 11.1. The quantitative estimate of drug-likeness (QED) is 0.545. The fourth-order valence-electron chi connectivity index (χ4n) is 1.93. The number of pyridine rings is 1. The van der Waals surface area contributed by atoms with Crippen LogP contribution in [0, 0.1) is 11.8 Å². The number of nitrogens with zero attached hydrogens (tertiary/aromatic N) is 1. The van der Waals surface area contributed by atoms with Crippen molar-refractivity contribution >= 4 is 5.97 Å². The standard InChI is InChI=1S/C14H15NO2/c1-2-17-14(16)10-9-12-8-7-11-5-3-4-6-13(11)15-12/h7-8H,2-6H2,1H3. The summed E-state index contributed by atoms with van der Waals surface area (Å²) < 4.78 is 4.74. The number of ether oxygens (including phenoxy) is 1. The summed E-state index contributed by atoms with van der Waals surface area (Å²) >= 11 is 0. The van der Waals surface area contributed by atoms with Crippen LogP contribution in [0.15, 0.2) is 12.1 Å². The minimum Gasteiger partial charge on any atom is -0.456 e. The maximum Gasteiger partial charge on any atom is 0.384 e. The topological polar surface area (TPSA) is 39.2 Å². The Labute approximate surface area is 101 Å². The van der Waals surface area contributed by atoms with Gasteiger partial charge >= 0.3 is 5.97 Å². The van der Waals surface area contributed by atoms with Gasteiger partial charge < -0.3 is 4.74 Å².